The maximum atomic E-state index is 12.3. The largest absolute Gasteiger partial charge is 0.374 e. The van der Waals surface area contributed by atoms with Crippen LogP contribution in [-0.2, 0) is 14.3 Å². The second-order valence-electron chi connectivity index (χ2n) is 5.38. The summed E-state index contributed by atoms with van der Waals surface area (Å²) in [5.41, 5.74) is -0.213. The molecule has 2 aliphatic heterocycles. The average molecular weight is 227 g/mol. The van der Waals surface area contributed by atoms with Gasteiger partial charge in [-0.05, 0) is 33.6 Å². The molecule has 4 nitrogen and oxygen atoms in total. The van der Waals surface area contributed by atoms with Crippen molar-refractivity contribution in [2.24, 2.45) is 0 Å². The SMILES string of the molecule is CC1CN(C(=O)C2CCCO2)C(C)(C)CO1. The number of hydrogen-bond donors (Lipinski definition) is 0. The lowest BCUT2D eigenvalue weighted by molar-refractivity contribution is -0.162. The Morgan fingerprint density at radius 2 is 2.12 bits per heavy atom. The third-order valence-electron chi connectivity index (χ3n) is 3.36. The fourth-order valence-electron chi connectivity index (χ4n) is 2.32. The Labute approximate surface area is 96.9 Å². The van der Waals surface area contributed by atoms with Gasteiger partial charge in [0.15, 0.2) is 0 Å². The van der Waals surface area contributed by atoms with Gasteiger partial charge in [-0.25, -0.2) is 0 Å². The van der Waals surface area contributed by atoms with E-state index >= 15 is 0 Å². The minimum Gasteiger partial charge on any atom is -0.374 e. The number of carbonyl (C=O) groups is 1. The summed E-state index contributed by atoms with van der Waals surface area (Å²) in [6.07, 6.45) is 1.76. The second-order valence-corrected chi connectivity index (χ2v) is 5.38. The fraction of sp³-hybridized carbons (Fsp3) is 0.917. The molecule has 0 saturated carbocycles. The van der Waals surface area contributed by atoms with Gasteiger partial charge in [-0.15, -0.1) is 0 Å². The maximum absolute atomic E-state index is 12.3. The van der Waals surface area contributed by atoms with E-state index in [1.807, 2.05) is 25.7 Å². The van der Waals surface area contributed by atoms with Crippen LogP contribution in [0.25, 0.3) is 0 Å². The summed E-state index contributed by atoms with van der Waals surface area (Å²) < 4.78 is 11.1. The molecule has 2 heterocycles. The molecular weight excluding hydrogens is 206 g/mol. The van der Waals surface area contributed by atoms with E-state index in [9.17, 15) is 4.79 Å². The van der Waals surface area contributed by atoms with Crippen molar-refractivity contribution in [2.75, 3.05) is 19.8 Å². The highest BCUT2D eigenvalue weighted by Crippen LogP contribution is 2.25. The minimum absolute atomic E-state index is 0.123. The molecule has 2 aliphatic rings. The quantitative estimate of drug-likeness (QED) is 0.675. The average Bonchev–Trinajstić information content (AvgIpc) is 2.74. The van der Waals surface area contributed by atoms with Crippen LogP contribution in [0.4, 0.5) is 0 Å². The zero-order valence-corrected chi connectivity index (χ0v) is 10.4. The van der Waals surface area contributed by atoms with E-state index < -0.39 is 0 Å². The van der Waals surface area contributed by atoms with Gasteiger partial charge in [0.2, 0.25) is 0 Å². The summed E-state index contributed by atoms with van der Waals surface area (Å²) in [6.45, 7) is 8.09. The lowest BCUT2D eigenvalue weighted by Crippen LogP contribution is -2.59. The second kappa shape index (κ2) is 4.34. The van der Waals surface area contributed by atoms with Crippen molar-refractivity contribution in [3.05, 3.63) is 0 Å². The first-order valence-corrected chi connectivity index (χ1v) is 6.05. The molecule has 2 unspecified atom stereocenters. The Hall–Kier alpha value is -0.610. The summed E-state index contributed by atoms with van der Waals surface area (Å²) in [7, 11) is 0. The van der Waals surface area contributed by atoms with Gasteiger partial charge in [0, 0.05) is 13.2 Å². The van der Waals surface area contributed by atoms with E-state index in [0.29, 0.717) is 13.2 Å². The number of rotatable bonds is 1. The molecule has 0 radical (unpaired) electrons. The van der Waals surface area contributed by atoms with Crippen LogP contribution in [0.15, 0.2) is 0 Å². The van der Waals surface area contributed by atoms with E-state index in [2.05, 4.69) is 0 Å². The standard InChI is InChI=1S/C12H21NO3/c1-9-7-13(12(2,3)8-16-9)11(14)10-5-4-6-15-10/h9-10H,4-8H2,1-3H3. The van der Waals surface area contributed by atoms with Gasteiger partial charge >= 0.3 is 0 Å². The zero-order valence-electron chi connectivity index (χ0n) is 10.4. The molecule has 0 bridgehead atoms. The van der Waals surface area contributed by atoms with Crippen LogP contribution in [0.1, 0.15) is 33.6 Å². The molecule has 16 heavy (non-hydrogen) atoms. The van der Waals surface area contributed by atoms with E-state index in [0.717, 1.165) is 19.4 Å². The number of carbonyl (C=O) groups excluding carboxylic acids is 1. The van der Waals surface area contributed by atoms with Gasteiger partial charge in [-0.2, -0.15) is 0 Å². The number of ether oxygens (including phenoxy) is 2. The molecule has 2 fully saturated rings. The van der Waals surface area contributed by atoms with Crippen molar-refractivity contribution in [1.29, 1.82) is 0 Å². The molecule has 0 N–H and O–H groups in total. The predicted octanol–water partition coefficient (Wildman–Crippen LogP) is 1.19. The first-order valence-electron chi connectivity index (χ1n) is 6.05. The van der Waals surface area contributed by atoms with Crippen LogP contribution in [0.5, 0.6) is 0 Å². The molecule has 0 aromatic rings. The molecule has 1 amide bonds. The molecule has 2 saturated heterocycles. The van der Waals surface area contributed by atoms with E-state index in [4.69, 9.17) is 9.47 Å². The Morgan fingerprint density at radius 1 is 1.38 bits per heavy atom. The summed E-state index contributed by atoms with van der Waals surface area (Å²) in [4.78, 5) is 14.2. The Morgan fingerprint density at radius 3 is 2.75 bits per heavy atom. The lowest BCUT2D eigenvalue weighted by atomic mass is 9.99. The number of amides is 1. The summed E-state index contributed by atoms with van der Waals surface area (Å²) >= 11 is 0. The van der Waals surface area contributed by atoms with Gasteiger partial charge in [-0.1, -0.05) is 0 Å². The van der Waals surface area contributed by atoms with Crippen LogP contribution in [0.2, 0.25) is 0 Å². The number of nitrogens with zero attached hydrogens (tertiary/aromatic N) is 1. The molecule has 0 aromatic heterocycles. The topological polar surface area (TPSA) is 38.8 Å². The Kier molecular flexibility index (Phi) is 3.22. The number of morpholine rings is 1. The Bertz CT molecular complexity index is 271. The number of hydrogen-bond acceptors (Lipinski definition) is 3. The highest BCUT2D eigenvalue weighted by atomic mass is 16.5. The van der Waals surface area contributed by atoms with Gasteiger partial charge in [0.25, 0.3) is 5.91 Å². The summed E-state index contributed by atoms with van der Waals surface area (Å²) in [5, 5.41) is 0. The van der Waals surface area contributed by atoms with Crippen LogP contribution in [0, 0.1) is 0 Å². The summed E-state index contributed by atoms with van der Waals surface area (Å²) in [5.74, 6) is 0.137. The third kappa shape index (κ3) is 2.23. The predicted molar refractivity (Wildman–Crippen MR) is 60.2 cm³/mol. The van der Waals surface area contributed by atoms with Gasteiger partial charge < -0.3 is 14.4 Å². The van der Waals surface area contributed by atoms with Crippen molar-refractivity contribution >= 4 is 5.91 Å². The highest BCUT2D eigenvalue weighted by molar-refractivity contribution is 5.82. The molecular formula is C12H21NO3. The van der Waals surface area contributed by atoms with Crippen LogP contribution >= 0.6 is 0 Å². The van der Waals surface area contributed by atoms with Gasteiger partial charge in [0.1, 0.15) is 6.10 Å². The molecule has 92 valence electrons. The van der Waals surface area contributed by atoms with Crippen LogP contribution in [-0.4, -0.2) is 48.3 Å². The zero-order chi connectivity index (χ0) is 11.8. The summed E-state index contributed by atoms with van der Waals surface area (Å²) in [6, 6.07) is 0. The first kappa shape index (κ1) is 11.9. The molecule has 0 aliphatic carbocycles. The van der Waals surface area contributed by atoms with Gasteiger partial charge in [0.05, 0.1) is 18.2 Å². The minimum atomic E-state index is -0.218. The van der Waals surface area contributed by atoms with Gasteiger partial charge in [-0.3, -0.25) is 4.79 Å². The van der Waals surface area contributed by atoms with E-state index in [-0.39, 0.29) is 23.7 Å². The van der Waals surface area contributed by atoms with Crippen molar-refractivity contribution < 1.29 is 14.3 Å². The Balaban J connectivity index is 2.07. The van der Waals surface area contributed by atoms with E-state index in [1.165, 1.54) is 0 Å². The lowest BCUT2D eigenvalue weighted by Gasteiger charge is -2.45. The fourth-order valence-corrected chi connectivity index (χ4v) is 2.32. The van der Waals surface area contributed by atoms with Crippen molar-refractivity contribution in [3.8, 4) is 0 Å². The normalized spacial score (nSPS) is 34.1. The molecule has 2 rings (SSSR count). The first-order chi connectivity index (χ1) is 7.50. The molecule has 0 aromatic carbocycles. The maximum Gasteiger partial charge on any atom is 0.252 e. The van der Waals surface area contributed by atoms with Crippen LogP contribution in [0.3, 0.4) is 0 Å². The van der Waals surface area contributed by atoms with Crippen molar-refractivity contribution in [2.45, 2.75) is 51.4 Å². The van der Waals surface area contributed by atoms with Crippen LogP contribution < -0.4 is 0 Å². The van der Waals surface area contributed by atoms with E-state index in [1.54, 1.807) is 0 Å². The monoisotopic (exact) mass is 227 g/mol. The molecule has 0 spiro atoms. The van der Waals surface area contributed by atoms with Crippen molar-refractivity contribution in [3.63, 3.8) is 0 Å². The molecule has 2 atom stereocenters. The molecule has 4 heteroatoms. The van der Waals surface area contributed by atoms with Crippen molar-refractivity contribution in [1.82, 2.24) is 4.90 Å². The third-order valence-corrected chi connectivity index (χ3v) is 3.36. The highest BCUT2D eigenvalue weighted by Gasteiger charge is 2.40. The smallest absolute Gasteiger partial charge is 0.252 e.